The number of aryl methyl sites for hydroxylation is 2. The maximum atomic E-state index is 12.4. The first kappa shape index (κ1) is 15.3. The second kappa shape index (κ2) is 6.01. The van der Waals surface area contributed by atoms with Gasteiger partial charge >= 0.3 is 0 Å². The summed E-state index contributed by atoms with van der Waals surface area (Å²) in [6, 6.07) is 0. The highest BCUT2D eigenvalue weighted by Crippen LogP contribution is 2.48. The second-order valence-electron chi connectivity index (χ2n) is 6.53. The van der Waals surface area contributed by atoms with Crippen molar-refractivity contribution >= 4 is 5.91 Å². The average Bonchev–Trinajstić information content (AvgIpc) is 2.99. The Morgan fingerprint density at radius 2 is 2.29 bits per heavy atom. The number of ether oxygens (including phenoxy) is 1. The molecule has 2 aliphatic rings. The lowest BCUT2D eigenvalue weighted by Gasteiger charge is -2.38. The van der Waals surface area contributed by atoms with Crippen molar-refractivity contribution in [3.8, 4) is 0 Å². The summed E-state index contributed by atoms with van der Waals surface area (Å²) in [5.74, 6) is 1.86. The zero-order valence-electron chi connectivity index (χ0n) is 13.9. The Balaban J connectivity index is 1.21. The fourth-order valence-electron chi connectivity index (χ4n) is 3.11. The van der Waals surface area contributed by atoms with Crippen molar-refractivity contribution < 1.29 is 14.1 Å². The molecule has 0 bridgehead atoms. The van der Waals surface area contributed by atoms with Gasteiger partial charge in [-0.15, -0.1) is 0 Å². The van der Waals surface area contributed by atoms with E-state index in [0.29, 0.717) is 37.3 Å². The lowest BCUT2D eigenvalue weighted by Crippen LogP contribution is -2.55. The van der Waals surface area contributed by atoms with Crippen LogP contribution >= 0.6 is 0 Å². The van der Waals surface area contributed by atoms with Gasteiger partial charge in [0, 0.05) is 38.7 Å². The fourth-order valence-corrected chi connectivity index (χ4v) is 3.11. The van der Waals surface area contributed by atoms with Crippen LogP contribution in [-0.4, -0.2) is 49.9 Å². The first-order valence-corrected chi connectivity index (χ1v) is 8.34. The number of likely N-dealkylation sites (tertiary alicyclic amines) is 1. The van der Waals surface area contributed by atoms with Gasteiger partial charge < -0.3 is 14.2 Å². The number of hydrogen-bond acceptors (Lipinski definition) is 6. The number of carbonyl (C=O) groups is 1. The Labute approximate surface area is 139 Å². The van der Waals surface area contributed by atoms with Gasteiger partial charge in [0.1, 0.15) is 6.61 Å². The van der Waals surface area contributed by atoms with E-state index < -0.39 is 0 Å². The fraction of sp³-hybridized carbons (Fsp3) is 0.625. The first-order valence-electron chi connectivity index (χ1n) is 8.34. The van der Waals surface area contributed by atoms with Crippen molar-refractivity contribution in [1.82, 2.24) is 24.8 Å². The molecule has 8 heteroatoms. The predicted octanol–water partition coefficient (Wildman–Crippen LogP) is 0.897. The van der Waals surface area contributed by atoms with E-state index in [4.69, 9.17) is 9.26 Å². The summed E-state index contributed by atoms with van der Waals surface area (Å²) in [4.78, 5) is 18.5. The van der Waals surface area contributed by atoms with Crippen LogP contribution in [-0.2, 0) is 29.6 Å². The number of rotatable bonds is 6. The largest absolute Gasteiger partial charge is 0.365 e. The highest BCUT2D eigenvalue weighted by molar-refractivity contribution is 5.83. The SMILES string of the molecule is CCc1noc(COC2CN(C(=O)[C@@H]3C[C@H]3c3cnn(C)c3)C2)n1. The summed E-state index contributed by atoms with van der Waals surface area (Å²) in [5.41, 5.74) is 1.16. The van der Waals surface area contributed by atoms with Crippen molar-refractivity contribution in [3.05, 3.63) is 29.7 Å². The summed E-state index contributed by atoms with van der Waals surface area (Å²) in [6.45, 7) is 3.57. The third-order valence-electron chi connectivity index (χ3n) is 4.69. The van der Waals surface area contributed by atoms with E-state index >= 15 is 0 Å². The summed E-state index contributed by atoms with van der Waals surface area (Å²) in [5, 5.41) is 8.01. The van der Waals surface area contributed by atoms with Crippen molar-refractivity contribution in [3.63, 3.8) is 0 Å². The molecule has 0 aromatic carbocycles. The van der Waals surface area contributed by atoms with Crippen LogP contribution in [0.3, 0.4) is 0 Å². The van der Waals surface area contributed by atoms with Gasteiger partial charge in [-0.05, 0) is 17.9 Å². The van der Waals surface area contributed by atoms with Crippen LogP contribution in [0.1, 0.15) is 36.5 Å². The van der Waals surface area contributed by atoms with Gasteiger partial charge in [0.25, 0.3) is 5.89 Å². The maximum absolute atomic E-state index is 12.4. The van der Waals surface area contributed by atoms with Crippen molar-refractivity contribution in [2.75, 3.05) is 13.1 Å². The van der Waals surface area contributed by atoms with E-state index in [0.717, 1.165) is 18.4 Å². The van der Waals surface area contributed by atoms with Gasteiger partial charge in [-0.25, -0.2) is 0 Å². The third-order valence-corrected chi connectivity index (χ3v) is 4.69. The van der Waals surface area contributed by atoms with Gasteiger partial charge in [-0.2, -0.15) is 10.1 Å². The quantitative estimate of drug-likeness (QED) is 0.781. The molecule has 2 fully saturated rings. The topological polar surface area (TPSA) is 86.3 Å². The number of hydrogen-bond donors (Lipinski definition) is 0. The van der Waals surface area contributed by atoms with Crippen LogP contribution in [0.25, 0.3) is 0 Å². The molecular weight excluding hydrogens is 310 g/mol. The monoisotopic (exact) mass is 331 g/mol. The Hall–Kier alpha value is -2.22. The zero-order valence-corrected chi connectivity index (χ0v) is 13.9. The Kier molecular flexibility index (Phi) is 3.84. The smallest absolute Gasteiger partial charge is 0.252 e. The minimum atomic E-state index is 0.0570. The average molecular weight is 331 g/mol. The maximum Gasteiger partial charge on any atom is 0.252 e. The molecule has 0 radical (unpaired) electrons. The Bertz CT molecular complexity index is 734. The van der Waals surface area contributed by atoms with Gasteiger partial charge in [0.15, 0.2) is 5.82 Å². The molecule has 0 unspecified atom stereocenters. The molecule has 8 nitrogen and oxygen atoms in total. The molecule has 24 heavy (non-hydrogen) atoms. The summed E-state index contributed by atoms with van der Waals surface area (Å²) in [7, 11) is 1.90. The molecule has 0 spiro atoms. The normalized spacial score (nSPS) is 23.3. The Morgan fingerprint density at radius 3 is 2.96 bits per heavy atom. The number of aromatic nitrogens is 4. The molecule has 3 heterocycles. The van der Waals surface area contributed by atoms with Crippen LogP contribution in [0.15, 0.2) is 16.9 Å². The molecule has 0 N–H and O–H groups in total. The first-order chi connectivity index (χ1) is 11.6. The van der Waals surface area contributed by atoms with Gasteiger partial charge in [0.2, 0.25) is 5.91 Å². The van der Waals surface area contributed by atoms with E-state index in [1.54, 1.807) is 4.68 Å². The van der Waals surface area contributed by atoms with Crippen LogP contribution < -0.4 is 0 Å². The second-order valence-corrected chi connectivity index (χ2v) is 6.53. The Morgan fingerprint density at radius 1 is 1.46 bits per heavy atom. The van der Waals surface area contributed by atoms with Crippen LogP contribution in [0.5, 0.6) is 0 Å². The van der Waals surface area contributed by atoms with Crippen LogP contribution in [0, 0.1) is 5.92 Å². The summed E-state index contributed by atoms with van der Waals surface area (Å²) in [6.07, 6.45) is 5.58. The third kappa shape index (κ3) is 2.93. The molecule has 1 aliphatic carbocycles. The van der Waals surface area contributed by atoms with Crippen LogP contribution in [0.4, 0.5) is 0 Å². The standard InChI is InChI=1S/C16H21N5O3/c1-3-14-18-15(24-19-14)9-23-11-7-21(8-11)16(22)13-4-12(13)10-5-17-20(2)6-10/h5-6,11-13H,3-4,7-9H2,1-2H3/t12-,13+/m0/s1. The van der Waals surface area contributed by atoms with Crippen molar-refractivity contribution in [2.24, 2.45) is 13.0 Å². The van der Waals surface area contributed by atoms with Gasteiger partial charge in [0.05, 0.1) is 12.3 Å². The van der Waals surface area contributed by atoms with E-state index in [2.05, 4.69) is 15.2 Å². The molecule has 1 amide bonds. The van der Waals surface area contributed by atoms with E-state index in [9.17, 15) is 4.79 Å². The highest BCUT2D eigenvalue weighted by Gasteiger charge is 2.48. The minimum Gasteiger partial charge on any atom is -0.365 e. The summed E-state index contributed by atoms with van der Waals surface area (Å²) >= 11 is 0. The highest BCUT2D eigenvalue weighted by atomic mass is 16.5. The molecule has 1 aliphatic heterocycles. The molecule has 128 valence electrons. The molecular formula is C16H21N5O3. The lowest BCUT2D eigenvalue weighted by atomic mass is 10.1. The molecule has 2 aromatic rings. The lowest BCUT2D eigenvalue weighted by molar-refractivity contribution is -0.148. The van der Waals surface area contributed by atoms with E-state index in [1.165, 1.54) is 0 Å². The number of nitrogens with zero attached hydrogens (tertiary/aromatic N) is 5. The molecule has 2 aromatic heterocycles. The van der Waals surface area contributed by atoms with Gasteiger partial charge in [-0.3, -0.25) is 9.48 Å². The summed E-state index contributed by atoms with van der Waals surface area (Å²) < 4.78 is 12.6. The van der Waals surface area contributed by atoms with E-state index in [-0.39, 0.29) is 17.9 Å². The zero-order chi connectivity index (χ0) is 16.7. The van der Waals surface area contributed by atoms with Crippen molar-refractivity contribution in [1.29, 1.82) is 0 Å². The molecule has 1 saturated heterocycles. The predicted molar refractivity (Wildman–Crippen MR) is 82.9 cm³/mol. The molecule has 1 saturated carbocycles. The number of carbonyl (C=O) groups excluding carboxylic acids is 1. The van der Waals surface area contributed by atoms with Gasteiger partial charge in [-0.1, -0.05) is 12.1 Å². The van der Waals surface area contributed by atoms with Crippen LogP contribution in [0.2, 0.25) is 0 Å². The molecule has 4 rings (SSSR count). The minimum absolute atomic E-state index is 0.0570. The van der Waals surface area contributed by atoms with Crippen molar-refractivity contribution in [2.45, 2.75) is 38.4 Å². The molecule has 2 atom stereocenters. The van der Waals surface area contributed by atoms with E-state index in [1.807, 2.05) is 31.3 Å². The number of amides is 1.